The second-order valence-electron chi connectivity index (χ2n) is 3.80. The van der Waals surface area contributed by atoms with Gasteiger partial charge in [0, 0.05) is 10.6 Å². The Hall–Kier alpha value is -0.670. The molecule has 0 amide bonds. The smallest absolute Gasteiger partial charge is 0.119 e. The molecule has 1 N–H and O–H groups in total. The molecular formula is C12H17NOS. The van der Waals surface area contributed by atoms with E-state index in [1.807, 2.05) is 24.9 Å². The second kappa shape index (κ2) is 4.90. The van der Waals surface area contributed by atoms with Crippen LogP contribution in [0.5, 0.6) is 5.75 Å². The van der Waals surface area contributed by atoms with Gasteiger partial charge < -0.3 is 10.1 Å². The molecule has 1 aromatic rings. The van der Waals surface area contributed by atoms with E-state index in [1.165, 1.54) is 22.6 Å². The maximum Gasteiger partial charge on any atom is 0.119 e. The van der Waals surface area contributed by atoms with Crippen LogP contribution in [0.15, 0.2) is 23.1 Å². The van der Waals surface area contributed by atoms with Gasteiger partial charge in [0.2, 0.25) is 0 Å². The number of hydrogen-bond acceptors (Lipinski definition) is 3. The minimum atomic E-state index is 0.688. The van der Waals surface area contributed by atoms with Gasteiger partial charge in [0.15, 0.2) is 0 Å². The Kier molecular flexibility index (Phi) is 3.54. The highest BCUT2D eigenvalue weighted by Crippen LogP contribution is 2.42. The maximum absolute atomic E-state index is 5.27. The molecule has 15 heavy (non-hydrogen) atoms. The molecule has 1 aliphatic heterocycles. The van der Waals surface area contributed by atoms with Crippen LogP contribution in [0.2, 0.25) is 0 Å². The number of benzene rings is 1. The lowest BCUT2D eigenvalue weighted by Gasteiger charge is -2.11. The molecule has 0 saturated carbocycles. The number of methoxy groups -OCH3 is 1. The lowest BCUT2D eigenvalue weighted by atomic mass is 9.98. The normalized spacial score (nSPS) is 18.9. The van der Waals surface area contributed by atoms with Crippen molar-refractivity contribution in [1.29, 1.82) is 0 Å². The van der Waals surface area contributed by atoms with E-state index in [0.29, 0.717) is 5.92 Å². The summed E-state index contributed by atoms with van der Waals surface area (Å²) in [5, 5.41) is 3.21. The van der Waals surface area contributed by atoms with Gasteiger partial charge in [-0.3, -0.25) is 0 Å². The predicted molar refractivity (Wildman–Crippen MR) is 65.0 cm³/mol. The number of rotatable bonds is 4. The molecule has 0 fully saturated rings. The van der Waals surface area contributed by atoms with Gasteiger partial charge in [0.05, 0.1) is 7.11 Å². The average molecular weight is 223 g/mol. The molecule has 0 bridgehead atoms. The van der Waals surface area contributed by atoms with Crippen LogP contribution in [0, 0.1) is 0 Å². The summed E-state index contributed by atoms with van der Waals surface area (Å²) in [4.78, 5) is 1.43. The summed E-state index contributed by atoms with van der Waals surface area (Å²) in [6, 6.07) is 6.42. The Morgan fingerprint density at radius 2 is 2.40 bits per heavy atom. The molecule has 1 atom stereocenters. The van der Waals surface area contributed by atoms with Crippen molar-refractivity contribution in [1.82, 2.24) is 5.32 Å². The average Bonchev–Trinajstić information content (AvgIpc) is 2.68. The minimum absolute atomic E-state index is 0.688. The van der Waals surface area contributed by atoms with Gasteiger partial charge in [-0.1, -0.05) is 0 Å². The van der Waals surface area contributed by atoms with Crippen molar-refractivity contribution in [3.8, 4) is 5.75 Å². The zero-order chi connectivity index (χ0) is 10.7. The van der Waals surface area contributed by atoms with Gasteiger partial charge in [-0.2, -0.15) is 0 Å². The molecule has 2 nitrogen and oxygen atoms in total. The van der Waals surface area contributed by atoms with Crippen molar-refractivity contribution in [2.45, 2.75) is 17.2 Å². The SMILES string of the molecule is CNCCC1CSc2ccc(OC)cc21. The molecule has 1 aliphatic rings. The van der Waals surface area contributed by atoms with Gasteiger partial charge >= 0.3 is 0 Å². The largest absolute Gasteiger partial charge is 0.497 e. The summed E-state index contributed by atoms with van der Waals surface area (Å²) < 4.78 is 5.27. The maximum atomic E-state index is 5.27. The summed E-state index contributed by atoms with van der Waals surface area (Å²) in [6.45, 7) is 1.09. The Labute approximate surface area is 95.4 Å². The van der Waals surface area contributed by atoms with Crippen LogP contribution in [0.4, 0.5) is 0 Å². The van der Waals surface area contributed by atoms with Crippen LogP contribution < -0.4 is 10.1 Å². The van der Waals surface area contributed by atoms with E-state index in [9.17, 15) is 0 Å². The minimum Gasteiger partial charge on any atom is -0.497 e. The van der Waals surface area contributed by atoms with Crippen molar-refractivity contribution in [2.24, 2.45) is 0 Å². The molecule has 3 heteroatoms. The molecule has 1 heterocycles. The molecule has 1 unspecified atom stereocenters. The molecule has 0 aromatic heterocycles. The monoisotopic (exact) mass is 223 g/mol. The Bertz CT molecular complexity index is 340. The molecule has 0 saturated heterocycles. The van der Waals surface area contributed by atoms with Crippen LogP contribution in [0.3, 0.4) is 0 Å². The van der Waals surface area contributed by atoms with Crippen LogP contribution in [0.1, 0.15) is 17.9 Å². The van der Waals surface area contributed by atoms with Gasteiger partial charge in [0.1, 0.15) is 5.75 Å². The van der Waals surface area contributed by atoms with Crippen LogP contribution in [-0.4, -0.2) is 26.5 Å². The highest BCUT2D eigenvalue weighted by molar-refractivity contribution is 7.99. The number of ether oxygens (including phenoxy) is 1. The van der Waals surface area contributed by atoms with Crippen molar-refractivity contribution in [3.05, 3.63) is 23.8 Å². The molecule has 0 radical (unpaired) electrons. The molecule has 2 rings (SSSR count). The van der Waals surface area contributed by atoms with E-state index >= 15 is 0 Å². The van der Waals surface area contributed by atoms with Gasteiger partial charge in [-0.25, -0.2) is 0 Å². The predicted octanol–water partition coefficient (Wildman–Crippen LogP) is 2.49. The summed E-state index contributed by atoms with van der Waals surface area (Å²) in [7, 11) is 3.74. The van der Waals surface area contributed by atoms with Crippen molar-refractivity contribution >= 4 is 11.8 Å². The fraction of sp³-hybridized carbons (Fsp3) is 0.500. The van der Waals surface area contributed by atoms with Gasteiger partial charge in [-0.05, 0) is 49.7 Å². The first kappa shape index (κ1) is 10.8. The summed E-state index contributed by atoms with van der Waals surface area (Å²) in [5.41, 5.74) is 1.47. The Morgan fingerprint density at radius 1 is 1.53 bits per heavy atom. The summed E-state index contributed by atoms with van der Waals surface area (Å²) in [6.07, 6.45) is 1.21. The third-order valence-electron chi connectivity index (χ3n) is 2.84. The summed E-state index contributed by atoms with van der Waals surface area (Å²) in [5.74, 6) is 2.88. The van der Waals surface area contributed by atoms with E-state index in [1.54, 1.807) is 7.11 Å². The van der Waals surface area contributed by atoms with E-state index < -0.39 is 0 Å². The second-order valence-corrected chi connectivity index (χ2v) is 4.87. The standard InChI is InChI=1S/C12H17NOS/c1-13-6-5-9-8-15-12-4-3-10(14-2)7-11(9)12/h3-4,7,9,13H,5-6,8H2,1-2H3. The van der Waals surface area contributed by atoms with Gasteiger partial charge in [0.25, 0.3) is 0 Å². The van der Waals surface area contributed by atoms with E-state index in [-0.39, 0.29) is 0 Å². The quantitative estimate of drug-likeness (QED) is 0.847. The van der Waals surface area contributed by atoms with Gasteiger partial charge in [-0.15, -0.1) is 11.8 Å². The van der Waals surface area contributed by atoms with Crippen molar-refractivity contribution in [2.75, 3.05) is 26.5 Å². The lowest BCUT2D eigenvalue weighted by Crippen LogP contribution is -2.12. The van der Waals surface area contributed by atoms with E-state index in [0.717, 1.165) is 12.3 Å². The first-order valence-electron chi connectivity index (χ1n) is 5.30. The molecule has 82 valence electrons. The summed E-state index contributed by atoms with van der Waals surface area (Å²) >= 11 is 1.96. The van der Waals surface area contributed by atoms with Crippen LogP contribution in [-0.2, 0) is 0 Å². The fourth-order valence-corrected chi connectivity index (χ4v) is 3.23. The lowest BCUT2D eigenvalue weighted by molar-refractivity contribution is 0.413. The number of hydrogen-bond donors (Lipinski definition) is 1. The third-order valence-corrected chi connectivity index (χ3v) is 4.09. The molecule has 0 spiro atoms. The Balaban J connectivity index is 2.16. The van der Waals surface area contributed by atoms with E-state index in [2.05, 4.69) is 17.4 Å². The Morgan fingerprint density at radius 3 is 3.13 bits per heavy atom. The van der Waals surface area contributed by atoms with Crippen molar-refractivity contribution in [3.63, 3.8) is 0 Å². The highest BCUT2D eigenvalue weighted by atomic mass is 32.2. The number of thioether (sulfide) groups is 1. The van der Waals surface area contributed by atoms with Crippen LogP contribution >= 0.6 is 11.8 Å². The molecule has 0 aliphatic carbocycles. The van der Waals surface area contributed by atoms with E-state index in [4.69, 9.17) is 4.74 Å². The highest BCUT2D eigenvalue weighted by Gasteiger charge is 2.22. The molecule has 1 aromatic carbocycles. The fourth-order valence-electron chi connectivity index (χ4n) is 1.94. The zero-order valence-corrected chi connectivity index (χ0v) is 10.1. The number of fused-ring (bicyclic) bond motifs is 1. The zero-order valence-electron chi connectivity index (χ0n) is 9.25. The number of nitrogens with one attached hydrogen (secondary N) is 1. The van der Waals surface area contributed by atoms with Crippen LogP contribution in [0.25, 0.3) is 0 Å². The topological polar surface area (TPSA) is 21.3 Å². The first-order valence-corrected chi connectivity index (χ1v) is 6.29. The third kappa shape index (κ3) is 2.29. The van der Waals surface area contributed by atoms with Crippen molar-refractivity contribution < 1.29 is 4.74 Å². The molecular weight excluding hydrogens is 206 g/mol. The first-order chi connectivity index (χ1) is 7.35.